The molecule has 5 atom stereocenters. The molecule has 0 radical (unpaired) electrons. The lowest BCUT2D eigenvalue weighted by atomic mass is 9.74. The lowest BCUT2D eigenvalue weighted by Crippen LogP contribution is -2.45. The molecular weight excluding hydrogens is 354 g/mol. The fraction of sp³-hybridized carbons (Fsp3) is 0.304. The fourth-order valence-electron chi connectivity index (χ4n) is 5.22. The second-order valence-electron chi connectivity index (χ2n) is 8.02. The van der Waals surface area contributed by atoms with Crippen LogP contribution in [0, 0.1) is 11.8 Å². The SMILES string of the molecule is C=C(C)C[C@@H]1N(c2cccc3ccccc23)C(=O)[C@H]2[C@H](C(=O)O)[C@@H]3C=C[C@@]12O3. The van der Waals surface area contributed by atoms with Gasteiger partial charge in [-0.2, -0.15) is 0 Å². The van der Waals surface area contributed by atoms with E-state index in [0.29, 0.717) is 6.42 Å². The molecule has 5 rings (SSSR count). The Bertz CT molecular complexity index is 1050. The second kappa shape index (κ2) is 5.79. The first-order chi connectivity index (χ1) is 13.4. The van der Waals surface area contributed by atoms with Crippen LogP contribution in [-0.2, 0) is 14.3 Å². The average molecular weight is 375 g/mol. The molecule has 0 unspecified atom stereocenters. The van der Waals surface area contributed by atoms with Gasteiger partial charge in [-0.1, -0.05) is 54.1 Å². The highest BCUT2D eigenvalue weighted by Crippen LogP contribution is 2.57. The third kappa shape index (κ3) is 2.11. The van der Waals surface area contributed by atoms with Gasteiger partial charge in [-0.3, -0.25) is 9.59 Å². The number of hydrogen-bond donors (Lipinski definition) is 1. The number of carboxylic acid groups (broad SMARTS) is 1. The van der Waals surface area contributed by atoms with Crippen molar-refractivity contribution in [2.24, 2.45) is 11.8 Å². The van der Waals surface area contributed by atoms with E-state index in [0.717, 1.165) is 22.0 Å². The molecule has 0 aromatic heterocycles. The molecule has 1 amide bonds. The van der Waals surface area contributed by atoms with E-state index in [1.807, 2.05) is 55.5 Å². The van der Waals surface area contributed by atoms with Crippen LogP contribution in [0.3, 0.4) is 0 Å². The van der Waals surface area contributed by atoms with Gasteiger partial charge in [0.2, 0.25) is 5.91 Å². The quantitative estimate of drug-likeness (QED) is 0.830. The summed E-state index contributed by atoms with van der Waals surface area (Å²) in [5.41, 5.74) is 0.806. The van der Waals surface area contributed by atoms with Crippen LogP contribution in [0.2, 0.25) is 0 Å². The molecule has 0 saturated carbocycles. The van der Waals surface area contributed by atoms with Crippen LogP contribution >= 0.6 is 0 Å². The Hall–Kier alpha value is -2.92. The molecule has 1 N–H and O–H groups in total. The van der Waals surface area contributed by atoms with Gasteiger partial charge in [-0.05, 0) is 24.8 Å². The van der Waals surface area contributed by atoms with Crippen LogP contribution in [0.25, 0.3) is 10.8 Å². The number of carbonyl (C=O) groups is 2. The molecule has 2 aromatic rings. The van der Waals surface area contributed by atoms with Gasteiger partial charge < -0.3 is 14.7 Å². The summed E-state index contributed by atoms with van der Waals surface area (Å²) in [5.74, 6) is -2.74. The number of nitrogens with zero attached hydrogens (tertiary/aromatic N) is 1. The van der Waals surface area contributed by atoms with Crippen LogP contribution in [0.4, 0.5) is 5.69 Å². The van der Waals surface area contributed by atoms with Crippen LogP contribution in [0.15, 0.2) is 66.8 Å². The van der Waals surface area contributed by atoms with Crippen molar-refractivity contribution in [2.45, 2.75) is 31.1 Å². The summed E-state index contributed by atoms with van der Waals surface area (Å²) in [6, 6.07) is 13.4. The first kappa shape index (κ1) is 17.2. The van der Waals surface area contributed by atoms with Crippen LogP contribution in [0.1, 0.15) is 13.3 Å². The molecule has 3 aliphatic heterocycles. The number of rotatable bonds is 4. The van der Waals surface area contributed by atoms with E-state index < -0.39 is 29.5 Å². The van der Waals surface area contributed by atoms with Crippen molar-refractivity contribution in [1.29, 1.82) is 0 Å². The summed E-state index contributed by atoms with van der Waals surface area (Å²) in [7, 11) is 0. The minimum Gasteiger partial charge on any atom is -0.481 e. The van der Waals surface area contributed by atoms with Crippen molar-refractivity contribution in [1.82, 2.24) is 0 Å². The summed E-state index contributed by atoms with van der Waals surface area (Å²) in [6.45, 7) is 5.97. The molecule has 3 heterocycles. The van der Waals surface area contributed by atoms with Crippen molar-refractivity contribution >= 4 is 28.3 Å². The third-order valence-electron chi connectivity index (χ3n) is 6.27. The van der Waals surface area contributed by atoms with Gasteiger partial charge in [0.05, 0.1) is 23.8 Å². The van der Waals surface area contributed by atoms with Crippen molar-refractivity contribution in [3.63, 3.8) is 0 Å². The summed E-state index contributed by atoms with van der Waals surface area (Å²) < 4.78 is 6.21. The van der Waals surface area contributed by atoms with Gasteiger partial charge in [0.25, 0.3) is 0 Å². The first-order valence-electron chi connectivity index (χ1n) is 9.49. The molecule has 2 saturated heterocycles. The molecule has 0 aliphatic carbocycles. The van der Waals surface area contributed by atoms with E-state index in [-0.39, 0.29) is 11.9 Å². The zero-order valence-electron chi connectivity index (χ0n) is 15.5. The fourth-order valence-corrected chi connectivity index (χ4v) is 5.22. The Morgan fingerprint density at radius 1 is 1.25 bits per heavy atom. The average Bonchev–Trinajstić information content (AvgIpc) is 3.30. The first-order valence-corrected chi connectivity index (χ1v) is 9.49. The van der Waals surface area contributed by atoms with Gasteiger partial charge in [0.15, 0.2) is 0 Å². The molecule has 2 fully saturated rings. The molecule has 3 aliphatic rings. The molecule has 1 spiro atoms. The van der Waals surface area contributed by atoms with E-state index in [9.17, 15) is 14.7 Å². The highest BCUT2D eigenvalue weighted by Gasteiger charge is 2.71. The predicted molar refractivity (Wildman–Crippen MR) is 106 cm³/mol. The Kier molecular flexibility index (Phi) is 3.55. The molecule has 5 heteroatoms. The number of ether oxygens (including phenoxy) is 1. The molecule has 2 bridgehead atoms. The Balaban J connectivity index is 1.71. The molecule has 142 valence electrons. The van der Waals surface area contributed by atoms with Gasteiger partial charge in [-0.25, -0.2) is 0 Å². The van der Waals surface area contributed by atoms with E-state index in [1.54, 1.807) is 11.0 Å². The number of carbonyl (C=O) groups excluding carboxylic acids is 1. The maximum atomic E-state index is 13.6. The Morgan fingerprint density at radius 3 is 2.75 bits per heavy atom. The van der Waals surface area contributed by atoms with Gasteiger partial charge in [0.1, 0.15) is 11.5 Å². The van der Waals surface area contributed by atoms with Crippen LogP contribution in [0.5, 0.6) is 0 Å². The van der Waals surface area contributed by atoms with Crippen molar-refractivity contribution in [2.75, 3.05) is 4.90 Å². The minimum atomic E-state index is -0.983. The predicted octanol–water partition coefficient (Wildman–Crippen LogP) is 3.55. The lowest BCUT2D eigenvalue weighted by Gasteiger charge is -2.34. The number of benzene rings is 2. The summed E-state index contributed by atoms with van der Waals surface area (Å²) >= 11 is 0. The molecule has 28 heavy (non-hydrogen) atoms. The number of aliphatic carboxylic acids is 1. The zero-order valence-corrected chi connectivity index (χ0v) is 15.5. The summed E-state index contributed by atoms with van der Waals surface area (Å²) in [6.07, 6.45) is 3.72. The van der Waals surface area contributed by atoms with E-state index >= 15 is 0 Å². The standard InChI is InChI=1S/C23H21NO4/c1-13(2)12-18-23-11-10-17(28-23)19(22(26)27)20(23)21(25)24(18)16-9-5-7-14-6-3-4-8-15(14)16/h3-11,17-20H,1,12H2,2H3,(H,26,27)/t17-,18-,19+,20+,23+/m0/s1. The summed E-state index contributed by atoms with van der Waals surface area (Å²) in [5, 5.41) is 11.8. The van der Waals surface area contributed by atoms with Crippen molar-refractivity contribution in [3.05, 3.63) is 66.8 Å². The molecular formula is C23H21NO4. The monoisotopic (exact) mass is 375 g/mol. The normalized spacial score (nSPS) is 32.9. The Morgan fingerprint density at radius 2 is 2.00 bits per heavy atom. The molecule has 2 aromatic carbocycles. The zero-order chi connectivity index (χ0) is 19.6. The Labute approximate surface area is 162 Å². The summed E-state index contributed by atoms with van der Waals surface area (Å²) in [4.78, 5) is 27.4. The number of carboxylic acids is 1. The lowest BCUT2D eigenvalue weighted by molar-refractivity contribution is -0.146. The highest BCUT2D eigenvalue weighted by molar-refractivity contribution is 6.09. The van der Waals surface area contributed by atoms with E-state index in [2.05, 4.69) is 6.58 Å². The van der Waals surface area contributed by atoms with Crippen molar-refractivity contribution < 1.29 is 19.4 Å². The van der Waals surface area contributed by atoms with Gasteiger partial charge in [-0.15, -0.1) is 6.58 Å². The maximum Gasteiger partial charge on any atom is 0.310 e. The second-order valence-corrected chi connectivity index (χ2v) is 8.02. The van der Waals surface area contributed by atoms with E-state index in [1.165, 1.54) is 0 Å². The van der Waals surface area contributed by atoms with Crippen LogP contribution < -0.4 is 4.90 Å². The largest absolute Gasteiger partial charge is 0.481 e. The van der Waals surface area contributed by atoms with Crippen molar-refractivity contribution in [3.8, 4) is 0 Å². The maximum absolute atomic E-state index is 13.6. The third-order valence-corrected chi connectivity index (χ3v) is 6.27. The number of anilines is 1. The number of amides is 1. The van der Waals surface area contributed by atoms with Gasteiger partial charge >= 0.3 is 5.97 Å². The highest BCUT2D eigenvalue weighted by atomic mass is 16.5. The van der Waals surface area contributed by atoms with Gasteiger partial charge in [0, 0.05) is 5.39 Å². The van der Waals surface area contributed by atoms with Crippen LogP contribution in [-0.4, -0.2) is 34.7 Å². The topological polar surface area (TPSA) is 66.8 Å². The smallest absolute Gasteiger partial charge is 0.310 e. The van der Waals surface area contributed by atoms with E-state index in [4.69, 9.17) is 4.74 Å². The number of fused-ring (bicyclic) bond motifs is 2. The minimum absolute atomic E-state index is 0.179. The number of hydrogen-bond acceptors (Lipinski definition) is 3. The molecule has 5 nitrogen and oxygen atoms in total.